The molecule has 1 rings (SSSR count). The van der Waals surface area contributed by atoms with E-state index in [1.807, 2.05) is 0 Å². The normalized spacial score (nSPS) is 10.5. The van der Waals surface area contributed by atoms with Crippen molar-refractivity contribution in [2.75, 3.05) is 0 Å². The van der Waals surface area contributed by atoms with Crippen LogP contribution in [0.25, 0.3) is 0 Å². The number of rotatable bonds is 6. The Bertz CT molecular complexity index is 494. The van der Waals surface area contributed by atoms with E-state index in [4.69, 9.17) is 18.3 Å². The van der Waals surface area contributed by atoms with Crippen LogP contribution in [-0.4, -0.2) is 11.9 Å². The summed E-state index contributed by atoms with van der Waals surface area (Å²) in [6, 6.07) is 0. The summed E-state index contributed by atoms with van der Waals surface area (Å²) in [6.45, 7) is 4.53. The minimum atomic E-state index is -0.932. The first kappa shape index (κ1) is 15.0. The Hall–Kier alpha value is -2.05. The quantitative estimate of drug-likeness (QED) is 0.722. The van der Waals surface area contributed by atoms with Gasteiger partial charge >= 0.3 is 17.8 Å². The first-order valence-corrected chi connectivity index (χ1v) is 5.88. The summed E-state index contributed by atoms with van der Waals surface area (Å²) in [4.78, 5) is 33.3. The van der Waals surface area contributed by atoms with Gasteiger partial charge in [-0.15, -0.1) is 0 Å². The van der Waals surface area contributed by atoms with Crippen molar-refractivity contribution in [3.63, 3.8) is 0 Å². The van der Waals surface area contributed by atoms with Crippen molar-refractivity contribution >= 4 is 11.9 Å². The number of carbonyl (C=O) groups is 2. The molecule has 106 valence electrons. The Balaban J connectivity index is 2.65. The average Bonchev–Trinajstić information content (AvgIpc) is 2.73. The lowest BCUT2D eigenvalue weighted by Gasteiger charge is -2.05. The Morgan fingerprint density at radius 2 is 1.63 bits per heavy atom. The summed E-state index contributed by atoms with van der Waals surface area (Å²) < 4.78 is 19.1. The van der Waals surface area contributed by atoms with Crippen LogP contribution < -0.4 is 5.82 Å². The third kappa shape index (κ3) is 4.61. The highest BCUT2D eigenvalue weighted by atomic mass is 16.6. The van der Waals surface area contributed by atoms with Crippen LogP contribution in [-0.2, 0) is 32.3 Å². The lowest BCUT2D eigenvalue weighted by molar-refractivity contribution is -0.149. The molecule has 7 heteroatoms. The zero-order valence-electron chi connectivity index (χ0n) is 11.1. The molecule has 0 N–H and O–H groups in total. The highest BCUT2D eigenvalue weighted by Crippen LogP contribution is 2.11. The van der Waals surface area contributed by atoms with E-state index in [0.29, 0.717) is 0 Å². The molecule has 7 nitrogen and oxygen atoms in total. The lowest BCUT2D eigenvalue weighted by Crippen LogP contribution is -2.12. The van der Waals surface area contributed by atoms with Crippen LogP contribution in [0.1, 0.15) is 38.7 Å². The monoisotopic (exact) mass is 272 g/mol. The van der Waals surface area contributed by atoms with E-state index >= 15 is 0 Å². The van der Waals surface area contributed by atoms with Crippen LogP contribution in [0.4, 0.5) is 0 Å². The van der Waals surface area contributed by atoms with Crippen LogP contribution in [0.5, 0.6) is 0 Å². The van der Waals surface area contributed by atoms with Crippen molar-refractivity contribution in [3.05, 3.63) is 22.1 Å². The summed E-state index contributed by atoms with van der Waals surface area (Å²) >= 11 is 0. The maximum absolute atomic E-state index is 11.3. The first-order valence-electron chi connectivity index (χ1n) is 5.88. The van der Waals surface area contributed by atoms with Gasteiger partial charge in [0.1, 0.15) is 0 Å². The molecule has 0 amide bonds. The molecular weight excluding hydrogens is 256 g/mol. The molecule has 0 saturated carbocycles. The molecular formula is C12H16O7. The smallest absolute Gasteiger partial charge is 0.457 e. The van der Waals surface area contributed by atoms with E-state index in [9.17, 15) is 14.4 Å². The van der Waals surface area contributed by atoms with Crippen LogP contribution in [0.2, 0.25) is 0 Å². The molecule has 0 aliphatic rings. The van der Waals surface area contributed by atoms with E-state index in [2.05, 4.69) is 0 Å². The third-order valence-corrected chi connectivity index (χ3v) is 2.19. The molecule has 0 spiro atoms. The minimum Gasteiger partial charge on any atom is -0.457 e. The summed E-state index contributed by atoms with van der Waals surface area (Å²) in [5.74, 6) is -2.00. The number of esters is 2. The van der Waals surface area contributed by atoms with Crippen molar-refractivity contribution in [1.29, 1.82) is 0 Å². The van der Waals surface area contributed by atoms with Crippen LogP contribution in [0, 0.1) is 5.92 Å². The fraction of sp³-hybridized carbons (Fsp3) is 0.583. The molecule has 0 aliphatic carbocycles. The Morgan fingerprint density at radius 3 is 2.11 bits per heavy atom. The van der Waals surface area contributed by atoms with Crippen molar-refractivity contribution in [1.82, 2.24) is 0 Å². The second-order valence-corrected chi connectivity index (χ2v) is 4.08. The predicted octanol–water partition coefficient (Wildman–Crippen LogP) is 1.39. The molecule has 0 bridgehead atoms. The standard InChI is InChI=1S/C12H16O7/c1-4-10(13)16-5-8-9(19-12(15)18-8)6-17-11(14)7(2)3/h7H,4-6H2,1-3H3. The molecule has 1 aromatic heterocycles. The van der Waals surface area contributed by atoms with Crippen molar-refractivity contribution in [2.24, 2.45) is 5.92 Å². The maximum atomic E-state index is 11.3. The van der Waals surface area contributed by atoms with E-state index < -0.39 is 17.8 Å². The topological polar surface area (TPSA) is 96.0 Å². The zero-order chi connectivity index (χ0) is 14.4. The summed E-state index contributed by atoms with van der Waals surface area (Å²) in [5.41, 5.74) is 0. The van der Waals surface area contributed by atoms with Crippen LogP contribution in [0.15, 0.2) is 13.6 Å². The zero-order valence-corrected chi connectivity index (χ0v) is 11.1. The van der Waals surface area contributed by atoms with Gasteiger partial charge in [-0.05, 0) is 0 Å². The average molecular weight is 272 g/mol. The summed E-state index contributed by atoms with van der Waals surface area (Å²) in [7, 11) is 0. The van der Waals surface area contributed by atoms with Crippen molar-refractivity contribution in [2.45, 2.75) is 40.4 Å². The molecule has 1 heterocycles. The molecule has 0 unspecified atom stereocenters. The Labute approximate surface area is 109 Å². The van der Waals surface area contributed by atoms with Gasteiger partial charge in [0.15, 0.2) is 24.7 Å². The minimum absolute atomic E-state index is 0.0444. The van der Waals surface area contributed by atoms with Gasteiger partial charge in [-0.25, -0.2) is 4.79 Å². The maximum Gasteiger partial charge on any atom is 0.519 e. The predicted molar refractivity (Wildman–Crippen MR) is 62.0 cm³/mol. The largest absolute Gasteiger partial charge is 0.519 e. The number of carbonyl (C=O) groups excluding carboxylic acids is 2. The van der Waals surface area contributed by atoms with Crippen LogP contribution >= 0.6 is 0 Å². The summed E-state index contributed by atoms with van der Waals surface area (Å²) in [5, 5.41) is 0. The van der Waals surface area contributed by atoms with E-state index in [0.717, 1.165) is 0 Å². The lowest BCUT2D eigenvalue weighted by atomic mass is 10.2. The number of hydrogen-bond acceptors (Lipinski definition) is 7. The van der Waals surface area contributed by atoms with Gasteiger partial charge in [-0.3, -0.25) is 9.59 Å². The van der Waals surface area contributed by atoms with Crippen molar-refractivity contribution < 1.29 is 27.9 Å². The molecule has 1 aromatic rings. The molecule has 0 aliphatic heterocycles. The SMILES string of the molecule is CCC(=O)OCc1oc(=O)oc1COC(=O)C(C)C. The molecule has 0 aromatic carbocycles. The van der Waals surface area contributed by atoms with E-state index in [1.165, 1.54) is 0 Å². The second-order valence-electron chi connectivity index (χ2n) is 4.08. The Morgan fingerprint density at radius 1 is 1.11 bits per heavy atom. The Kier molecular flexibility index (Phi) is 5.35. The van der Waals surface area contributed by atoms with E-state index in [-0.39, 0.29) is 37.1 Å². The number of hydrogen-bond donors (Lipinski definition) is 0. The van der Waals surface area contributed by atoms with Gasteiger partial charge in [0.05, 0.1) is 5.92 Å². The summed E-state index contributed by atoms with van der Waals surface area (Å²) in [6.07, 6.45) is 0.208. The molecule has 0 radical (unpaired) electrons. The van der Waals surface area contributed by atoms with Gasteiger partial charge < -0.3 is 18.3 Å². The highest BCUT2D eigenvalue weighted by molar-refractivity contribution is 5.71. The van der Waals surface area contributed by atoms with Crippen molar-refractivity contribution in [3.8, 4) is 0 Å². The molecule has 0 atom stereocenters. The second kappa shape index (κ2) is 6.77. The van der Waals surface area contributed by atoms with E-state index in [1.54, 1.807) is 20.8 Å². The highest BCUT2D eigenvalue weighted by Gasteiger charge is 2.17. The van der Waals surface area contributed by atoms with Gasteiger partial charge in [-0.1, -0.05) is 20.8 Å². The fourth-order valence-corrected chi connectivity index (χ4v) is 1.11. The molecule has 0 saturated heterocycles. The third-order valence-electron chi connectivity index (χ3n) is 2.19. The first-order chi connectivity index (χ1) is 8.93. The van der Waals surface area contributed by atoms with Gasteiger partial charge in [0, 0.05) is 6.42 Å². The fourth-order valence-electron chi connectivity index (χ4n) is 1.11. The number of ether oxygens (including phenoxy) is 2. The van der Waals surface area contributed by atoms with Crippen LogP contribution in [0.3, 0.4) is 0 Å². The molecule has 19 heavy (non-hydrogen) atoms. The van der Waals surface area contributed by atoms with Gasteiger partial charge in [-0.2, -0.15) is 0 Å². The van der Waals surface area contributed by atoms with Gasteiger partial charge in [0.25, 0.3) is 0 Å². The van der Waals surface area contributed by atoms with Gasteiger partial charge in [0.2, 0.25) is 0 Å². The molecule has 0 fully saturated rings.